The van der Waals surface area contributed by atoms with Crippen LogP contribution in [0.1, 0.15) is 25.3 Å². The molecule has 2 rings (SSSR count). The van der Waals surface area contributed by atoms with Crippen molar-refractivity contribution in [3.05, 3.63) is 33.9 Å². The largest absolute Gasteiger partial charge is 0.492 e. The molecule has 1 aromatic rings. The average Bonchev–Trinajstić information content (AvgIpc) is 2.41. The summed E-state index contributed by atoms with van der Waals surface area (Å²) in [6.07, 6.45) is 2.52. The van der Waals surface area contributed by atoms with Crippen molar-refractivity contribution in [3.8, 4) is 5.75 Å². The molecular formula is C15H22N2O3. The van der Waals surface area contributed by atoms with Gasteiger partial charge in [0.25, 0.3) is 5.69 Å². The molecule has 1 aliphatic rings. The van der Waals surface area contributed by atoms with Gasteiger partial charge < -0.3 is 4.74 Å². The molecule has 1 saturated heterocycles. The van der Waals surface area contributed by atoms with E-state index in [2.05, 4.69) is 11.8 Å². The molecule has 0 unspecified atom stereocenters. The first-order valence-corrected chi connectivity index (χ1v) is 7.16. The number of benzene rings is 1. The summed E-state index contributed by atoms with van der Waals surface area (Å²) in [5.74, 6) is 1.54. The van der Waals surface area contributed by atoms with E-state index in [1.165, 1.54) is 18.9 Å². The minimum absolute atomic E-state index is 0.141. The molecule has 0 spiro atoms. The number of nitro groups is 1. The van der Waals surface area contributed by atoms with Gasteiger partial charge >= 0.3 is 0 Å². The van der Waals surface area contributed by atoms with Gasteiger partial charge in [0.05, 0.1) is 4.92 Å². The molecule has 0 aliphatic carbocycles. The van der Waals surface area contributed by atoms with Crippen molar-refractivity contribution in [2.45, 2.75) is 26.7 Å². The highest BCUT2D eigenvalue weighted by atomic mass is 16.6. The summed E-state index contributed by atoms with van der Waals surface area (Å²) in [4.78, 5) is 12.8. The zero-order chi connectivity index (χ0) is 14.5. The van der Waals surface area contributed by atoms with E-state index in [1.807, 2.05) is 0 Å². The summed E-state index contributed by atoms with van der Waals surface area (Å²) in [6.45, 7) is 7.87. The Balaban J connectivity index is 1.79. The summed E-state index contributed by atoms with van der Waals surface area (Å²) in [7, 11) is 0. The number of piperidine rings is 1. The topological polar surface area (TPSA) is 55.6 Å². The normalized spacial score (nSPS) is 17.1. The minimum Gasteiger partial charge on any atom is -0.492 e. The third kappa shape index (κ3) is 3.93. The monoisotopic (exact) mass is 278 g/mol. The van der Waals surface area contributed by atoms with Crippen LogP contribution >= 0.6 is 0 Å². The van der Waals surface area contributed by atoms with Gasteiger partial charge in [-0.15, -0.1) is 0 Å². The average molecular weight is 278 g/mol. The van der Waals surface area contributed by atoms with Gasteiger partial charge in [0.1, 0.15) is 12.4 Å². The predicted molar refractivity (Wildman–Crippen MR) is 78.2 cm³/mol. The van der Waals surface area contributed by atoms with Crippen molar-refractivity contribution in [1.82, 2.24) is 4.90 Å². The van der Waals surface area contributed by atoms with E-state index in [0.29, 0.717) is 17.9 Å². The number of nitrogens with zero attached hydrogens (tertiary/aromatic N) is 2. The van der Waals surface area contributed by atoms with Crippen molar-refractivity contribution in [2.24, 2.45) is 5.92 Å². The lowest BCUT2D eigenvalue weighted by Gasteiger charge is -2.29. The maximum atomic E-state index is 10.7. The van der Waals surface area contributed by atoms with Crippen LogP contribution in [0.2, 0.25) is 0 Å². The number of nitro benzene ring substituents is 1. The van der Waals surface area contributed by atoms with E-state index < -0.39 is 0 Å². The highest BCUT2D eigenvalue weighted by Gasteiger charge is 2.15. The Morgan fingerprint density at radius 1 is 1.40 bits per heavy atom. The predicted octanol–water partition coefficient (Wildman–Crippen LogP) is 3.01. The lowest BCUT2D eigenvalue weighted by molar-refractivity contribution is -0.385. The number of ether oxygens (including phenoxy) is 1. The van der Waals surface area contributed by atoms with Gasteiger partial charge in [-0.2, -0.15) is 0 Å². The fourth-order valence-electron chi connectivity index (χ4n) is 2.50. The van der Waals surface area contributed by atoms with Crippen LogP contribution < -0.4 is 4.74 Å². The highest BCUT2D eigenvalue weighted by Crippen LogP contribution is 2.23. The van der Waals surface area contributed by atoms with Crippen molar-refractivity contribution in [2.75, 3.05) is 26.2 Å². The van der Waals surface area contributed by atoms with Gasteiger partial charge in [-0.05, 0) is 50.9 Å². The Morgan fingerprint density at radius 3 is 2.70 bits per heavy atom. The number of hydrogen-bond donors (Lipinski definition) is 0. The van der Waals surface area contributed by atoms with Gasteiger partial charge in [0, 0.05) is 18.2 Å². The summed E-state index contributed by atoms with van der Waals surface area (Å²) < 4.78 is 5.69. The fraction of sp³-hybridized carbons (Fsp3) is 0.600. The third-order valence-corrected chi connectivity index (χ3v) is 3.92. The summed E-state index contributed by atoms with van der Waals surface area (Å²) in [5.41, 5.74) is 0.779. The second-order valence-electron chi connectivity index (χ2n) is 5.58. The van der Waals surface area contributed by atoms with Crippen molar-refractivity contribution < 1.29 is 9.66 Å². The standard InChI is InChI=1S/C15H22N2O3/c1-12-5-7-16(8-6-12)9-10-20-14-3-4-15(17(18)19)13(2)11-14/h3-4,11-12H,5-10H2,1-2H3. The molecule has 0 N–H and O–H groups in total. The molecule has 0 atom stereocenters. The summed E-state index contributed by atoms with van der Waals surface area (Å²) >= 11 is 0. The highest BCUT2D eigenvalue weighted by molar-refractivity contribution is 5.44. The van der Waals surface area contributed by atoms with Crippen LogP contribution in [0.15, 0.2) is 18.2 Å². The molecule has 0 bridgehead atoms. The first kappa shape index (κ1) is 14.8. The van der Waals surface area contributed by atoms with E-state index in [-0.39, 0.29) is 10.6 Å². The smallest absolute Gasteiger partial charge is 0.272 e. The van der Waals surface area contributed by atoms with E-state index in [1.54, 1.807) is 19.1 Å². The molecule has 0 radical (unpaired) electrons. The second kappa shape index (κ2) is 6.70. The Kier molecular flexibility index (Phi) is 4.95. The first-order chi connectivity index (χ1) is 9.56. The van der Waals surface area contributed by atoms with Crippen LogP contribution in [-0.4, -0.2) is 36.1 Å². The molecule has 0 aromatic heterocycles. The Hall–Kier alpha value is -1.62. The van der Waals surface area contributed by atoms with Gasteiger partial charge in [-0.3, -0.25) is 15.0 Å². The Bertz CT molecular complexity index is 468. The fourth-order valence-corrected chi connectivity index (χ4v) is 2.50. The first-order valence-electron chi connectivity index (χ1n) is 7.16. The summed E-state index contributed by atoms with van der Waals surface area (Å²) in [6, 6.07) is 4.91. The number of rotatable bonds is 5. The number of aryl methyl sites for hydroxylation is 1. The molecular weight excluding hydrogens is 256 g/mol. The Labute approximate surface area is 119 Å². The van der Waals surface area contributed by atoms with Crippen LogP contribution in [0.5, 0.6) is 5.75 Å². The molecule has 0 saturated carbocycles. The molecule has 0 amide bonds. The molecule has 1 aliphatic heterocycles. The lowest BCUT2D eigenvalue weighted by Crippen LogP contribution is -2.35. The Morgan fingerprint density at radius 2 is 2.10 bits per heavy atom. The van der Waals surface area contributed by atoms with Crippen molar-refractivity contribution in [3.63, 3.8) is 0 Å². The van der Waals surface area contributed by atoms with Crippen molar-refractivity contribution in [1.29, 1.82) is 0 Å². The molecule has 5 nitrogen and oxygen atoms in total. The maximum Gasteiger partial charge on any atom is 0.272 e. The van der Waals surface area contributed by atoms with Crippen LogP contribution in [0.25, 0.3) is 0 Å². The molecule has 110 valence electrons. The van der Waals surface area contributed by atoms with Gasteiger partial charge in [-0.25, -0.2) is 0 Å². The lowest BCUT2D eigenvalue weighted by atomic mass is 9.99. The van der Waals surface area contributed by atoms with Gasteiger partial charge in [0.2, 0.25) is 0 Å². The third-order valence-electron chi connectivity index (χ3n) is 3.92. The number of likely N-dealkylation sites (tertiary alicyclic amines) is 1. The van der Waals surface area contributed by atoms with E-state index in [4.69, 9.17) is 4.74 Å². The SMILES string of the molecule is Cc1cc(OCCN2CCC(C)CC2)ccc1[N+](=O)[O-]. The molecule has 1 fully saturated rings. The molecule has 1 aromatic carbocycles. The van der Waals surface area contributed by atoms with Gasteiger partial charge in [-0.1, -0.05) is 6.92 Å². The zero-order valence-corrected chi connectivity index (χ0v) is 12.2. The molecule has 1 heterocycles. The zero-order valence-electron chi connectivity index (χ0n) is 12.2. The van der Waals surface area contributed by atoms with Crippen LogP contribution in [0.3, 0.4) is 0 Å². The van der Waals surface area contributed by atoms with Crippen LogP contribution in [0.4, 0.5) is 5.69 Å². The van der Waals surface area contributed by atoms with E-state index in [0.717, 1.165) is 25.6 Å². The quantitative estimate of drug-likeness (QED) is 0.613. The minimum atomic E-state index is -0.367. The molecule has 5 heteroatoms. The maximum absolute atomic E-state index is 10.7. The molecule has 20 heavy (non-hydrogen) atoms. The van der Waals surface area contributed by atoms with Crippen molar-refractivity contribution >= 4 is 5.69 Å². The van der Waals surface area contributed by atoms with Gasteiger partial charge in [0.15, 0.2) is 0 Å². The van der Waals surface area contributed by atoms with E-state index in [9.17, 15) is 10.1 Å². The van der Waals surface area contributed by atoms with Crippen LogP contribution in [-0.2, 0) is 0 Å². The number of hydrogen-bond acceptors (Lipinski definition) is 4. The summed E-state index contributed by atoms with van der Waals surface area (Å²) in [5, 5.41) is 10.7. The van der Waals surface area contributed by atoms with Crippen LogP contribution in [0, 0.1) is 23.0 Å². The second-order valence-corrected chi connectivity index (χ2v) is 5.58. The van der Waals surface area contributed by atoms with E-state index >= 15 is 0 Å².